The van der Waals surface area contributed by atoms with Crippen molar-refractivity contribution in [2.24, 2.45) is 5.92 Å². The lowest BCUT2D eigenvalue weighted by Crippen LogP contribution is -2.01. The normalized spacial score (nSPS) is 17.4. The number of carboxylic acid groups (broad SMARTS) is 1. The van der Waals surface area contributed by atoms with Crippen LogP contribution in [0.4, 0.5) is 0 Å². The Balaban J connectivity index is 1.98. The summed E-state index contributed by atoms with van der Waals surface area (Å²) >= 11 is 0. The predicted molar refractivity (Wildman–Crippen MR) is 46.9 cm³/mol. The van der Waals surface area contributed by atoms with Crippen molar-refractivity contribution in [2.45, 2.75) is 32.1 Å². The molecule has 0 bridgehead atoms. The smallest absolute Gasteiger partial charge is 0.377 e. The number of aromatic carboxylic acids is 1. The molecule has 1 aromatic rings. The van der Waals surface area contributed by atoms with E-state index < -0.39 is 5.97 Å². The van der Waals surface area contributed by atoms with Gasteiger partial charge in [-0.3, -0.25) is 0 Å². The molecule has 1 saturated carbocycles. The molecule has 1 aromatic heterocycles. The van der Waals surface area contributed by atoms with E-state index in [1.807, 2.05) is 0 Å². The lowest BCUT2D eigenvalue weighted by Gasteiger charge is -2.02. The molecule has 0 aliphatic heterocycles. The van der Waals surface area contributed by atoms with E-state index >= 15 is 0 Å². The summed E-state index contributed by atoms with van der Waals surface area (Å²) in [5.41, 5.74) is 0. The SMILES string of the molecule is O=C(O)c1noc(CC2CCCC2)n1. The lowest BCUT2D eigenvalue weighted by molar-refractivity contribution is 0.0680. The van der Waals surface area contributed by atoms with Crippen molar-refractivity contribution in [3.63, 3.8) is 0 Å². The Morgan fingerprint density at radius 1 is 1.50 bits per heavy atom. The first kappa shape index (κ1) is 9.18. The number of hydrogen-bond donors (Lipinski definition) is 1. The van der Waals surface area contributed by atoms with Gasteiger partial charge in [0.15, 0.2) is 0 Å². The van der Waals surface area contributed by atoms with Gasteiger partial charge in [-0.05, 0) is 23.9 Å². The van der Waals surface area contributed by atoms with Gasteiger partial charge in [0.2, 0.25) is 5.89 Å². The average Bonchev–Trinajstić information content (AvgIpc) is 2.75. The third-order valence-electron chi connectivity index (χ3n) is 2.60. The Labute approximate surface area is 81.1 Å². The molecular formula is C9H12N2O3. The molecule has 1 fully saturated rings. The Hall–Kier alpha value is -1.39. The average molecular weight is 196 g/mol. The van der Waals surface area contributed by atoms with E-state index in [0.717, 1.165) is 6.42 Å². The standard InChI is InChI=1S/C9H12N2O3/c12-9(13)8-10-7(14-11-8)5-6-3-1-2-4-6/h6H,1-5H2,(H,12,13). The Morgan fingerprint density at radius 2 is 2.21 bits per heavy atom. The molecule has 76 valence electrons. The van der Waals surface area contributed by atoms with Crippen LogP contribution < -0.4 is 0 Å². The second-order valence-electron chi connectivity index (χ2n) is 3.67. The van der Waals surface area contributed by atoms with Crippen LogP contribution in [0.1, 0.15) is 42.2 Å². The van der Waals surface area contributed by atoms with Crippen molar-refractivity contribution in [1.82, 2.24) is 10.1 Å². The fraction of sp³-hybridized carbons (Fsp3) is 0.667. The highest BCUT2D eigenvalue weighted by atomic mass is 16.5. The molecular weight excluding hydrogens is 184 g/mol. The molecule has 5 nitrogen and oxygen atoms in total. The van der Waals surface area contributed by atoms with Gasteiger partial charge in [0.25, 0.3) is 5.82 Å². The molecule has 0 aromatic carbocycles. The number of carbonyl (C=O) groups is 1. The Morgan fingerprint density at radius 3 is 2.79 bits per heavy atom. The molecule has 14 heavy (non-hydrogen) atoms. The molecule has 0 radical (unpaired) electrons. The fourth-order valence-corrected chi connectivity index (χ4v) is 1.89. The van der Waals surface area contributed by atoms with E-state index in [4.69, 9.17) is 9.63 Å². The zero-order chi connectivity index (χ0) is 9.97. The topological polar surface area (TPSA) is 76.2 Å². The lowest BCUT2D eigenvalue weighted by atomic mass is 10.0. The van der Waals surface area contributed by atoms with Gasteiger partial charge in [0, 0.05) is 6.42 Å². The first-order valence-corrected chi connectivity index (χ1v) is 4.81. The highest BCUT2D eigenvalue weighted by Crippen LogP contribution is 2.27. The summed E-state index contributed by atoms with van der Waals surface area (Å²) in [4.78, 5) is 14.3. The van der Waals surface area contributed by atoms with Gasteiger partial charge in [-0.15, -0.1) is 0 Å². The summed E-state index contributed by atoms with van der Waals surface area (Å²) < 4.78 is 4.85. The van der Waals surface area contributed by atoms with E-state index in [2.05, 4.69) is 10.1 Å². The zero-order valence-corrected chi connectivity index (χ0v) is 7.77. The number of rotatable bonds is 3. The number of aromatic nitrogens is 2. The predicted octanol–water partition coefficient (Wildman–Crippen LogP) is 1.50. The van der Waals surface area contributed by atoms with Crippen molar-refractivity contribution in [1.29, 1.82) is 0 Å². The van der Waals surface area contributed by atoms with Gasteiger partial charge in [-0.2, -0.15) is 4.98 Å². The van der Waals surface area contributed by atoms with Crippen LogP contribution in [-0.4, -0.2) is 21.2 Å². The molecule has 0 atom stereocenters. The van der Waals surface area contributed by atoms with E-state index in [-0.39, 0.29) is 5.82 Å². The minimum Gasteiger partial charge on any atom is -0.475 e. The van der Waals surface area contributed by atoms with Crippen LogP contribution >= 0.6 is 0 Å². The summed E-state index contributed by atoms with van der Waals surface area (Å²) in [6.07, 6.45) is 5.60. The summed E-state index contributed by atoms with van der Waals surface area (Å²) in [6.45, 7) is 0. The van der Waals surface area contributed by atoms with Crippen molar-refractivity contribution in [2.75, 3.05) is 0 Å². The van der Waals surface area contributed by atoms with Gasteiger partial charge in [-0.1, -0.05) is 12.8 Å². The summed E-state index contributed by atoms with van der Waals surface area (Å²) in [5.74, 6) is -0.323. The zero-order valence-electron chi connectivity index (χ0n) is 7.77. The summed E-state index contributed by atoms with van der Waals surface area (Å²) in [6, 6.07) is 0. The first-order chi connectivity index (χ1) is 6.75. The number of carboxylic acids is 1. The molecule has 1 aliphatic carbocycles. The van der Waals surface area contributed by atoms with Crippen molar-refractivity contribution >= 4 is 5.97 Å². The van der Waals surface area contributed by atoms with E-state index in [1.54, 1.807) is 0 Å². The van der Waals surface area contributed by atoms with Crippen LogP contribution in [0.5, 0.6) is 0 Å². The molecule has 1 aliphatic rings. The van der Waals surface area contributed by atoms with E-state index in [9.17, 15) is 4.79 Å². The van der Waals surface area contributed by atoms with Crippen LogP contribution in [0, 0.1) is 5.92 Å². The maximum atomic E-state index is 10.5. The molecule has 1 heterocycles. The van der Waals surface area contributed by atoms with Gasteiger partial charge in [-0.25, -0.2) is 4.79 Å². The largest absolute Gasteiger partial charge is 0.475 e. The fourth-order valence-electron chi connectivity index (χ4n) is 1.89. The number of nitrogens with zero attached hydrogens (tertiary/aromatic N) is 2. The molecule has 0 unspecified atom stereocenters. The molecule has 2 rings (SSSR count). The number of hydrogen-bond acceptors (Lipinski definition) is 4. The van der Waals surface area contributed by atoms with Crippen molar-refractivity contribution in [3.8, 4) is 0 Å². The van der Waals surface area contributed by atoms with Gasteiger partial charge < -0.3 is 9.63 Å². The van der Waals surface area contributed by atoms with Crippen LogP contribution in [0.2, 0.25) is 0 Å². The third-order valence-corrected chi connectivity index (χ3v) is 2.60. The van der Waals surface area contributed by atoms with Crippen LogP contribution in [0.15, 0.2) is 4.52 Å². The third kappa shape index (κ3) is 1.92. The minimum atomic E-state index is -1.13. The highest BCUT2D eigenvalue weighted by molar-refractivity contribution is 5.82. The molecule has 0 spiro atoms. The van der Waals surface area contributed by atoms with Gasteiger partial charge in [0.05, 0.1) is 0 Å². The summed E-state index contributed by atoms with van der Waals surface area (Å²) in [5, 5.41) is 11.9. The second kappa shape index (κ2) is 3.77. The maximum absolute atomic E-state index is 10.5. The Kier molecular flexibility index (Phi) is 2.47. The molecule has 0 amide bonds. The van der Waals surface area contributed by atoms with Gasteiger partial charge >= 0.3 is 5.97 Å². The van der Waals surface area contributed by atoms with Crippen molar-refractivity contribution < 1.29 is 14.4 Å². The van der Waals surface area contributed by atoms with E-state index in [1.165, 1.54) is 25.7 Å². The highest BCUT2D eigenvalue weighted by Gasteiger charge is 2.20. The minimum absolute atomic E-state index is 0.238. The second-order valence-corrected chi connectivity index (χ2v) is 3.67. The van der Waals surface area contributed by atoms with Crippen LogP contribution in [0.3, 0.4) is 0 Å². The monoisotopic (exact) mass is 196 g/mol. The molecule has 0 saturated heterocycles. The van der Waals surface area contributed by atoms with Crippen LogP contribution in [-0.2, 0) is 6.42 Å². The summed E-state index contributed by atoms with van der Waals surface area (Å²) in [7, 11) is 0. The Bertz CT molecular complexity index is 329. The first-order valence-electron chi connectivity index (χ1n) is 4.81. The quantitative estimate of drug-likeness (QED) is 0.792. The van der Waals surface area contributed by atoms with Crippen LogP contribution in [0.25, 0.3) is 0 Å². The molecule has 1 N–H and O–H groups in total. The van der Waals surface area contributed by atoms with Crippen molar-refractivity contribution in [3.05, 3.63) is 11.7 Å². The van der Waals surface area contributed by atoms with Gasteiger partial charge in [0.1, 0.15) is 0 Å². The molecule has 5 heteroatoms. The maximum Gasteiger partial charge on any atom is 0.377 e. The van der Waals surface area contributed by atoms with E-state index in [0.29, 0.717) is 11.8 Å².